The lowest BCUT2D eigenvalue weighted by Crippen LogP contribution is -2.46. The van der Waals surface area contributed by atoms with E-state index in [4.69, 9.17) is 14.2 Å². The first-order valence-corrected chi connectivity index (χ1v) is 9.00. The third-order valence-electron chi connectivity index (χ3n) is 5.19. The zero-order chi connectivity index (χ0) is 19.0. The number of morpholine rings is 1. The number of carbonyl (C=O) groups excluding carboxylic acids is 2. The van der Waals surface area contributed by atoms with Crippen molar-refractivity contribution in [1.82, 2.24) is 15.1 Å². The minimum absolute atomic E-state index is 0.0534. The summed E-state index contributed by atoms with van der Waals surface area (Å²) in [6.45, 7) is 4.83. The molecule has 1 aromatic carbocycles. The van der Waals surface area contributed by atoms with Crippen molar-refractivity contribution in [2.24, 2.45) is 0 Å². The lowest BCUT2D eigenvalue weighted by atomic mass is 9.91. The van der Waals surface area contributed by atoms with Gasteiger partial charge in [0.25, 0.3) is 5.91 Å². The second kappa shape index (κ2) is 6.99. The standard InChI is InChI=1S/C18H23N3O6/c1-18(12-2-3-14-15(8-12)27-11-26-14)16(23)21(17(24)19-18)10-13(22)9-20-4-6-25-7-5-20/h2-3,8,13,22H,4-7,9-11H2,1H3,(H,19,24)/t13-,18+/m1/s1. The number of hydrogen-bond donors (Lipinski definition) is 2. The van der Waals surface area contributed by atoms with Crippen molar-refractivity contribution in [2.75, 3.05) is 46.2 Å². The van der Waals surface area contributed by atoms with Crippen molar-refractivity contribution >= 4 is 11.9 Å². The Morgan fingerprint density at radius 2 is 1.93 bits per heavy atom. The van der Waals surface area contributed by atoms with Crippen LogP contribution < -0.4 is 14.8 Å². The predicted molar refractivity (Wildman–Crippen MR) is 93.4 cm³/mol. The van der Waals surface area contributed by atoms with Crippen molar-refractivity contribution in [3.8, 4) is 11.5 Å². The molecule has 146 valence electrons. The van der Waals surface area contributed by atoms with Gasteiger partial charge in [0.15, 0.2) is 11.5 Å². The third-order valence-corrected chi connectivity index (χ3v) is 5.19. The van der Waals surface area contributed by atoms with Crippen molar-refractivity contribution in [3.63, 3.8) is 0 Å². The topological polar surface area (TPSA) is 101 Å². The minimum atomic E-state index is -1.21. The van der Waals surface area contributed by atoms with Gasteiger partial charge in [-0.3, -0.25) is 14.6 Å². The van der Waals surface area contributed by atoms with Crippen LogP contribution >= 0.6 is 0 Å². The van der Waals surface area contributed by atoms with Crippen molar-refractivity contribution in [3.05, 3.63) is 23.8 Å². The van der Waals surface area contributed by atoms with Crippen LogP contribution in [0.5, 0.6) is 11.5 Å². The van der Waals surface area contributed by atoms with Gasteiger partial charge >= 0.3 is 6.03 Å². The smallest absolute Gasteiger partial charge is 0.325 e. The molecule has 3 heterocycles. The van der Waals surface area contributed by atoms with Crippen LogP contribution in [0.25, 0.3) is 0 Å². The Bertz CT molecular complexity index is 751. The van der Waals surface area contributed by atoms with Crippen LogP contribution in [-0.4, -0.2) is 79.1 Å². The molecule has 1 aromatic rings. The highest BCUT2D eigenvalue weighted by Crippen LogP contribution is 2.37. The molecule has 9 nitrogen and oxygen atoms in total. The second-order valence-corrected chi connectivity index (χ2v) is 7.11. The fraction of sp³-hybridized carbons (Fsp3) is 0.556. The first-order chi connectivity index (χ1) is 13.0. The van der Waals surface area contributed by atoms with Crippen molar-refractivity contribution in [1.29, 1.82) is 0 Å². The minimum Gasteiger partial charge on any atom is -0.454 e. The summed E-state index contributed by atoms with van der Waals surface area (Å²) in [6, 6.07) is 4.65. The van der Waals surface area contributed by atoms with E-state index < -0.39 is 23.6 Å². The van der Waals surface area contributed by atoms with Crippen LogP contribution in [0.1, 0.15) is 12.5 Å². The molecule has 27 heavy (non-hydrogen) atoms. The quantitative estimate of drug-likeness (QED) is 0.690. The first-order valence-electron chi connectivity index (χ1n) is 9.00. The summed E-state index contributed by atoms with van der Waals surface area (Å²) in [7, 11) is 0. The van der Waals surface area contributed by atoms with Gasteiger partial charge in [0.05, 0.1) is 25.9 Å². The largest absolute Gasteiger partial charge is 0.454 e. The summed E-state index contributed by atoms with van der Waals surface area (Å²) in [4.78, 5) is 28.6. The van der Waals surface area contributed by atoms with Crippen molar-refractivity contribution < 1.29 is 28.9 Å². The molecule has 9 heteroatoms. The average Bonchev–Trinajstić information content (AvgIpc) is 3.21. The molecule has 2 atom stereocenters. The van der Waals surface area contributed by atoms with Crippen LogP contribution in [0.15, 0.2) is 18.2 Å². The molecule has 3 aliphatic rings. The lowest BCUT2D eigenvalue weighted by molar-refractivity contribution is -0.132. The maximum Gasteiger partial charge on any atom is 0.325 e. The molecule has 4 rings (SSSR count). The maximum atomic E-state index is 13.0. The SMILES string of the molecule is C[C@@]1(c2ccc3c(c2)OCO3)NC(=O)N(C[C@H](O)CN2CCOCC2)C1=O. The first kappa shape index (κ1) is 18.0. The average molecular weight is 377 g/mol. The summed E-state index contributed by atoms with van der Waals surface area (Å²) >= 11 is 0. The van der Waals surface area contributed by atoms with E-state index in [2.05, 4.69) is 10.2 Å². The molecule has 3 aliphatic heterocycles. The highest BCUT2D eigenvalue weighted by Gasteiger charge is 2.49. The fourth-order valence-corrected chi connectivity index (χ4v) is 3.62. The van der Waals surface area contributed by atoms with E-state index in [-0.39, 0.29) is 13.3 Å². The number of ether oxygens (including phenoxy) is 3. The Morgan fingerprint density at radius 1 is 1.19 bits per heavy atom. The molecular weight excluding hydrogens is 354 g/mol. The fourth-order valence-electron chi connectivity index (χ4n) is 3.62. The zero-order valence-corrected chi connectivity index (χ0v) is 15.1. The van der Waals surface area contributed by atoms with Crippen LogP contribution in [0.4, 0.5) is 4.79 Å². The van der Waals surface area contributed by atoms with Gasteiger partial charge in [0, 0.05) is 19.6 Å². The van der Waals surface area contributed by atoms with E-state index in [0.29, 0.717) is 36.8 Å². The van der Waals surface area contributed by atoms with Crippen LogP contribution in [0, 0.1) is 0 Å². The van der Waals surface area contributed by atoms with E-state index in [1.165, 1.54) is 0 Å². The Morgan fingerprint density at radius 3 is 2.70 bits per heavy atom. The normalized spacial score (nSPS) is 26.4. The number of nitrogens with zero attached hydrogens (tertiary/aromatic N) is 2. The molecule has 2 fully saturated rings. The number of benzene rings is 1. The number of aliphatic hydroxyl groups is 1. The van der Waals surface area contributed by atoms with E-state index in [9.17, 15) is 14.7 Å². The number of β-amino-alcohol motifs (C(OH)–C–C–N with tert-alkyl or cyclic N) is 1. The summed E-state index contributed by atoms with van der Waals surface area (Å²) in [5.74, 6) is 0.755. The van der Waals surface area contributed by atoms with Gasteiger partial charge in [-0.15, -0.1) is 0 Å². The van der Waals surface area contributed by atoms with Gasteiger partial charge in [-0.1, -0.05) is 6.07 Å². The van der Waals surface area contributed by atoms with Gasteiger partial charge in [-0.25, -0.2) is 4.79 Å². The summed E-state index contributed by atoms with van der Waals surface area (Å²) in [6.07, 6.45) is -0.822. The van der Waals surface area contributed by atoms with E-state index in [0.717, 1.165) is 18.0 Å². The van der Waals surface area contributed by atoms with Crippen LogP contribution in [-0.2, 0) is 15.1 Å². The summed E-state index contributed by atoms with van der Waals surface area (Å²) in [5.41, 5.74) is -0.605. The van der Waals surface area contributed by atoms with E-state index in [1.807, 2.05) is 0 Å². The molecule has 0 aliphatic carbocycles. The summed E-state index contributed by atoms with van der Waals surface area (Å²) in [5, 5.41) is 13.1. The molecule has 0 unspecified atom stereocenters. The Balaban J connectivity index is 1.46. The number of fused-ring (bicyclic) bond motifs is 1. The van der Waals surface area contributed by atoms with E-state index in [1.54, 1.807) is 25.1 Å². The predicted octanol–water partition coefficient (Wildman–Crippen LogP) is -0.125. The number of carbonyl (C=O) groups is 2. The Labute approximate surface area is 156 Å². The van der Waals surface area contributed by atoms with Crippen molar-refractivity contribution in [2.45, 2.75) is 18.6 Å². The van der Waals surface area contributed by atoms with Gasteiger partial charge in [0.1, 0.15) is 5.54 Å². The second-order valence-electron chi connectivity index (χ2n) is 7.11. The third kappa shape index (κ3) is 3.33. The molecule has 0 spiro atoms. The van der Waals surface area contributed by atoms with Gasteiger partial charge in [-0.05, 0) is 24.6 Å². The molecule has 0 saturated carbocycles. The van der Waals surface area contributed by atoms with E-state index >= 15 is 0 Å². The highest BCUT2D eigenvalue weighted by atomic mass is 16.7. The molecular formula is C18H23N3O6. The number of amides is 3. The monoisotopic (exact) mass is 377 g/mol. The maximum absolute atomic E-state index is 13.0. The molecule has 2 saturated heterocycles. The molecule has 0 radical (unpaired) electrons. The summed E-state index contributed by atoms with van der Waals surface area (Å²) < 4.78 is 15.9. The molecule has 0 bridgehead atoms. The van der Waals surface area contributed by atoms with Gasteiger partial charge in [-0.2, -0.15) is 0 Å². The number of nitrogens with one attached hydrogen (secondary N) is 1. The number of urea groups is 1. The van der Waals surface area contributed by atoms with Gasteiger partial charge in [0.2, 0.25) is 6.79 Å². The number of rotatable bonds is 5. The van der Waals surface area contributed by atoms with Gasteiger partial charge < -0.3 is 24.6 Å². The number of aliphatic hydroxyl groups excluding tert-OH is 1. The Kier molecular flexibility index (Phi) is 4.67. The highest BCUT2D eigenvalue weighted by molar-refractivity contribution is 6.07. The van der Waals surface area contributed by atoms with Crippen LogP contribution in [0.2, 0.25) is 0 Å². The number of imide groups is 1. The van der Waals surface area contributed by atoms with Crippen LogP contribution in [0.3, 0.4) is 0 Å². The Hall–Kier alpha value is -2.36. The lowest BCUT2D eigenvalue weighted by Gasteiger charge is -2.29. The molecule has 2 N–H and O–H groups in total. The molecule has 3 amide bonds. The number of hydrogen-bond acceptors (Lipinski definition) is 7. The zero-order valence-electron chi connectivity index (χ0n) is 15.1. The molecule has 0 aromatic heterocycles.